The van der Waals surface area contributed by atoms with Crippen LogP contribution in [-0.2, 0) is 20.5 Å². The van der Waals surface area contributed by atoms with Crippen molar-refractivity contribution in [3.05, 3.63) is 35.9 Å². The molecule has 0 radical (unpaired) electrons. The first-order valence-corrected chi connectivity index (χ1v) is 10.0. The third-order valence-electron chi connectivity index (χ3n) is 5.70. The molecule has 0 unspecified atom stereocenters. The quantitative estimate of drug-likeness (QED) is 0.322. The van der Waals surface area contributed by atoms with E-state index in [1.165, 1.54) is 0 Å². The molecule has 0 saturated carbocycles. The van der Waals surface area contributed by atoms with Crippen LogP contribution in [0.5, 0.6) is 0 Å². The van der Waals surface area contributed by atoms with E-state index in [2.05, 4.69) is 4.99 Å². The molecule has 0 spiro atoms. The van der Waals surface area contributed by atoms with Gasteiger partial charge in [-0.25, -0.2) is 29.9 Å². The zero-order chi connectivity index (χ0) is 21.3. The number of hydrogen-bond donors (Lipinski definition) is 0. The van der Waals surface area contributed by atoms with Crippen molar-refractivity contribution in [1.29, 1.82) is 0 Å². The number of rotatable bonds is 2. The van der Waals surface area contributed by atoms with E-state index in [-0.39, 0.29) is 0 Å². The highest BCUT2D eigenvalue weighted by molar-refractivity contribution is 6.19. The molecule has 152 valence electrons. The average molecular weight is 409 g/mol. The van der Waals surface area contributed by atoms with Crippen LogP contribution in [0.4, 0.5) is 0 Å². The molecule has 0 bridgehead atoms. The lowest BCUT2D eigenvalue weighted by atomic mass is 10.1. The van der Waals surface area contributed by atoms with Crippen LogP contribution < -0.4 is 0 Å². The molecule has 0 amide bonds. The molecule has 9 nitrogen and oxygen atoms in total. The Kier molecular flexibility index (Phi) is 3.59. The Balaban J connectivity index is 1.88. The Labute approximate surface area is 176 Å². The fourth-order valence-electron chi connectivity index (χ4n) is 4.04. The highest BCUT2D eigenvalue weighted by Crippen LogP contribution is 2.32. The van der Waals surface area contributed by atoms with E-state index < -0.39 is 0 Å². The van der Waals surface area contributed by atoms with Gasteiger partial charge in [0.25, 0.3) is 0 Å². The Hall–Kier alpha value is -4.01. The van der Waals surface area contributed by atoms with Crippen LogP contribution in [0, 0.1) is 6.92 Å². The maximum Gasteiger partial charge on any atom is 0.159 e. The van der Waals surface area contributed by atoms with Crippen LogP contribution in [-0.4, -0.2) is 52.3 Å². The average Bonchev–Trinajstić information content (AvgIpc) is 3.32. The topological polar surface area (TPSA) is 99.6 Å². The van der Waals surface area contributed by atoms with E-state index in [0.717, 1.165) is 33.7 Å². The van der Waals surface area contributed by atoms with Crippen LogP contribution in [0.1, 0.15) is 11.4 Å². The van der Waals surface area contributed by atoms with Crippen molar-refractivity contribution < 1.29 is 0 Å². The van der Waals surface area contributed by atoms with Gasteiger partial charge < -0.3 is 14.1 Å². The third kappa shape index (κ3) is 2.46. The second-order valence-corrected chi connectivity index (χ2v) is 7.71. The third-order valence-corrected chi connectivity index (χ3v) is 5.70. The Bertz CT molecular complexity index is 1710. The summed E-state index contributed by atoms with van der Waals surface area (Å²) in [7, 11) is 5.67. The summed E-state index contributed by atoms with van der Waals surface area (Å²) >= 11 is 0. The zero-order valence-electron chi connectivity index (χ0n) is 17.6. The molecule has 5 aromatic heterocycles. The molecule has 5 heterocycles. The summed E-state index contributed by atoms with van der Waals surface area (Å²) in [6, 6.07) is 3.91. The van der Waals surface area contributed by atoms with E-state index in [1.807, 2.05) is 60.9 Å². The number of hydrogen-bond acceptors (Lipinski definition) is 7. The summed E-state index contributed by atoms with van der Waals surface area (Å²) in [5, 5.41) is 0. The van der Waals surface area contributed by atoms with Gasteiger partial charge in [0.1, 0.15) is 44.1 Å². The lowest BCUT2D eigenvalue weighted by Gasteiger charge is -2.10. The number of fused-ring (bicyclic) bond motifs is 8. The molecule has 6 aromatic rings. The maximum absolute atomic E-state index is 4.95. The summed E-state index contributed by atoms with van der Waals surface area (Å²) in [6.07, 6.45) is 6.35. The largest absolute Gasteiger partial charge is 0.334 e. The van der Waals surface area contributed by atoms with Gasteiger partial charge >= 0.3 is 0 Å². The zero-order valence-corrected chi connectivity index (χ0v) is 17.6. The highest BCUT2D eigenvalue weighted by atomic mass is 15.1. The van der Waals surface area contributed by atoms with Crippen molar-refractivity contribution in [2.75, 3.05) is 7.05 Å². The lowest BCUT2D eigenvalue weighted by Crippen LogP contribution is -2.04. The Morgan fingerprint density at radius 3 is 1.77 bits per heavy atom. The first kappa shape index (κ1) is 17.8. The molecule has 0 aliphatic rings. The molecule has 31 heavy (non-hydrogen) atoms. The highest BCUT2D eigenvalue weighted by Gasteiger charge is 2.20. The predicted molar refractivity (Wildman–Crippen MR) is 122 cm³/mol. The number of benzene rings is 1. The van der Waals surface area contributed by atoms with Gasteiger partial charge in [-0.2, -0.15) is 0 Å². The number of aryl methyl sites for hydroxylation is 3. The molecular formula is C22H19N9. The first-order valence-electron chi connectivity index (χ1n) is 10.0. The van der Waals surface area contributed by atoms with Crippen molar-refractivity contribution in [3.63, 3.8) is 0 Å². The van der Waals surface area contributed by atoms with Gasteiger partial charge in [0.15, 0.2) is 11.3 Å². The van der Waals surface area contributed by atoms with Crippen LogP contribution in [0.25, 0.3) is 55.4 Å². The molecule has 0 aliphatic carbocycles. The van der Waals surface area contributed by atoms with Crippen LogP contribution in [0.15, 0.2) is 29.5 Å². The van der Waals surface area contributed by atoms with Gasteiger partial charge in [-0.1, -0.05) is 0 Å². The molecule has 0 fully saturated rings. The van der Waals surface area contributed by atoms with E-state index in [4.69, 9.17) is 29.9 Å². The predicted octanol–water partition coefficient (Wildman–Crippen LogP) is 3.05. The summed E-state index contributed by atoms with van der Waals surface area (Å²) in [5.74, 6) is 0. The minimum Gasteiger partial charge on any atom is -0.334 e. The van der Waals surface area contributed by atoms with Gasteiger partial charge in [0.05, 0.1) is 11.4 Å². The van der Waals surface area contributed by atoms with E-state index >= 15 is 0 Å². The minimum atomic E-state index is 0.606. The van der Waals surface area contributed by atoms with Crippen molar-refractivity contribution >= 4 is 61.6 Å². The number of nitrogens with zero attached hydrogens (tertiary/aromatic N) is 9. The number of aliphatic imine (C=N–C) groups is 1. The SMILES string of the molecule is C/N=C/Cc1nc2c(nc1C)c1nc3ccn(C)c3nc1c1nc3c(ccn3C)nc21. The van der Waals surface area contributed by atoms with Gasteiger partial charge in [0.2, 0.25) is 0 Å². The van der Waals surface area contributed by atoms with Gasteiger partial charge in [0, 0.05) is 46.2 Å². The smallest absolute Gasteiger partial charge is 0.159 e. The van der Waals surface area contributed by atoms with E-state index in [9.17, 15) is 0 Å². The molecule has 0 atom stereocenters. The van der Waals surface area contributed by atoms with Crippen LogP contribution >= 0.6 is 0 Å². The lowest BCUT2D eigenvalue weighted by molar-refractivity contribution is 0.948. The van der Waals surface area contributed by atoms with Crippen molar-refractivity contribution in [1.82, 2.24) is 39.0 Å². The Morgan fingerprint density at radius 2 is 1.23 bits per heavy atom. The molecule has 0 N–H and O–H groups in total. The molecule has 0 aliphatic heterocycles. The standard InChI is InChI=1S/C22H19N9/c1-11-12(5-8-23-2)25-16-15(24-11)17-19(28-21-13(26-17)6-9-30(21)3)20-18(16)27-14-7-10-31(4)22(14)29-20/h6-10H,5H2,1-4H3/b23-8+. The second kappa shape index (κ2) is 6.24. The maximum atomic E-state index is 4.95. The Morgan fingerprint density at radius 1 is 0.742 bits per heavy atom. The van der Waals surface area contributed by atoms with E-state index in [0.29, 0.717) is 39.5 Å². The summed E-state index contributed by atoms with van der Waals surface area (Å²) < 4.78 is 3.91. The van der Waals surface area contributed by atoms with E-state index in [1.54, 1.807) is 7.05 Å². The minimum absolute atomic E-state index is 0.606. The molecule has 0 saturated heterocycles. The van der Waals surface area contributed by atoms with Crippen molar-refractivity contribution in [3.8, 4) is 0 Å². The second-order valence-electron chi connectivity index (χ2n) is 7.71. The van der Waals surface area contributed by atoms with Crippen LogP contribution in [0.2, 0.25) is 0 Å². The van der Waals surface area contributed by atoms with Gasteiger partial charge in [-0.05, 0) is 19.1 Å². The first-order chi connectivity index (χ1) is 15.0. The van der Waals surface area contributed by atoms with Crippen molar-refractivity contribution in [2.24, 2.45) is 19.1 Å². The van der Waals surface area contributed by atoms with Gasteiger partial charge in [-0.15, -0.1) is 0 Å². The fraction of sp³-hybridized carbons (Fsp3) is 0.227. The summed E-state index contributed by atoms with van der Waals surface area (Å²) in [4.78, 5) is 33.7. The molecular weight excluding hydrogens is 390 g/mol. The normalized spacial score (nSPS) is 12.5. The van der Waals surface area contributed by atoms with Gasteiger partial charge in [-0.3, -0.25) is 0 Å². The molecule has 1 aromatic carbocycles. The monoisotopic (exact) mass is 409 g/mol. The fourth-order valence-corrected chi connectivity index (χ4v) is 4.04. The van der Waals surface area contributed by atoms with Crippen molar-refractivity contribution in [2.45, 2.75) is 13.3 Å². The molecule has 9 heteroatoms. The summed E-state index contributed by atoms with van der Waals surface area (Å²) in [5.41, 5.74) is 9.04. The summed E-state index contributed by atoms with van der Waals surface area (Å²) in [6.45, 7) is 1.96. The molecule has 6 rings (SSSR count). The number of aromatic nitrogens is 8. The van der Waals surface area contributed by atoms with Crippen LogP contribution in [0.3, 0.4) is 0 Å².